The summed E-state index contributed by atoms with van der Waals surface area (Å²) in [6, 6.07) is 10.5. The molecule has 35 heavy (non-hydrogen) atoms. The lowest BCUT2D eigenvalue weighted by Gasteiger charge is -2.39. The summed E-state index contributed by atoms with van der Waals surface area (Å²) in [7, 11) is 7.67. The Morgan fingerprint density at radius 3 is 2.66 bits per heavy atom. The standard InChI is InChI=1S/C25H33ClN6O3/c1-29(2)12-13-30(3)19-6-5-7-20-23(19)28-25(34)32(20)17-10-11-31(24(27)33)21(15-17)16-8-9-22(35-4)18(26)14-16/h5-9,14,17,21H,10-13,15H2,1-4H3,(H2,27,33)(H,28,34). The number of carbonyl (C=O) groups is 1. The smallest absolute Gasteiger partial charge is 0.326 e. The molecule has 0 radical (unpaired) electrons. The zero-order chi connectivity index (χ0) is 25.3. The Kier molecular flexibility index (Phi) is 7.28. The monoisotopic (exact) mass is 500 g/mol. The van der Waals surface area contributed by atoms with E-state index in [0.29, 0.717) is 30.2 Å². The summed E-state index contributed by atoms with van der Waals surface area (Å²) >= 11 is 6.38. The van der Waals surface area contributed by atoms with Gasteiger partial charge in [0.2, 0.25) is 0 Å². The van der Waals surface area contributed by atoms with E-state index >= 15 is 0 Å². The molecular formula is C25H33ClN6O3. The van der Waals surface area contributed by atoms with Gasteiger partial charge in [0.25, 0.3) is 0 Å². The van der Waals surface area contributed by atoms with Gasteiger partial charge in [0, 0.05) is 32.7 Å². The van der Waals surface area contributed by atoms with Gasteiger partial charge in [-0.05, 0) is 56.8 Å². The van der Waals surface area contributed by atoms with Crippen LogP contribution in [-0.4, -0.2) is 73.3 Å². The number of para-hydroxylation sites is 1. The fraction of sp³-hybridized carbons (Fsp3) is 0.440. The van der Waals surface area contributed by atoms with Gasteiger partial charge < -0.3 is 30.2 Å². The number of anilines is 1. The molecule has 3 aromatic rings. The highest BCUT2D eigenvalue weighted by Gasteiger charge is 2.34. The number of rotatable bonds is 7. The van der Waals surface area contributed by atoms with E-state index in [2.05, 4.69) is 14.8 Å². The fourth-order valence-corrected chi connectivity index (χ4v) is 5.20. The van der Waals surface area contributed by atoms with E-state index in [9.17, 15) is 9.59 Å². The number of amides is 2. The number of hydrogen-bond acceptors (Lipinski definition) is 5. The van der Waals surface area contributed by atoms with Gasteiger partial charge in [-0.25, -0.2) is 9.59 Å². The van der Waals surface area contributed by atoms with Crippen LogP contribution in [0.3, 0.4) is 0 Å². The SMILES string of the molecule is COc1ccc(C2CC(n3c(=O)[nH]c4c(N(C)CCN(C)C)cccc43)CCN2C(N)=O)cc1Cl. The number of nitrogens with zero attached hydrogens (tertiary/aromatic N) is 4. The molecule has 9 nitrogen and oxygen atoms in total. The summed E-state index contributed by atoms with van der Waals surface area (Å²) in [5.74, 6) is 0.562. The van der Waals surface area contributed by atoms with Crippen LogP contribution in [-0.2, 0) is 0 Å². The highest BCUT2D eigenvalue weighted by atomic mass is 35.5. The van der Waals surface area contributed by atoms with Crippen LogP contribution in [0.15, 0.2) is 41.2 Å². The summed E-state index contributed by atoms with van der Waals surface area (Å²) in [4.78, 5) is 34.5. The number of imidazole rings is 1. The van der Waals surface area contributed by atoms with Gasteiger partial charge >= 0.3 is 11.7 Å². The average Bonchev–Trinajstić information content (AvgIpc) is 3.17. The molecule has 0 bridgehead atoms. The van der Waals surface area contributed by atoms with Crippen molar-refractivity contribution in [1.82, 2.24) is 19.4 Å². The van der Waals surface area contributed by atoms with Crippen molar-refractivity contribution >= 4 is 34.4 Å². The third kappa shape index (κ3) is 4.97. The van der Waals surface area contributed by atoms with Gasteiger partial charge in [0.05, 0.1) is 34.9 Å². The Morgan fingerprint density at radius 1 is 1.23 bits per heavy atom. The molecule has 1 aromatic heterocycles. The van der Waals surface area contributed by atoms with Crippen molar-refractivity contribution in [2.24, 2.45) is 5.73 Å². The van der Waals surface area contributed by atoms with Crippen LogP contribution in [0.1, 0.15) is 30.5 Å². The molecule has 3 N–H and O–H groups in total. The predicted molar refractivity (Wildman–Crippen MR) is 140 cm³/mol. The summed E-state index contributed by atoms with van der Waals surface area (Å²) in [6.07, 6.45) is 1.16. The minimum atomic E-state index is -0.489. The first-order valence-corrected chi connectivity index (χ1v) is 12.1. The first-order chi connectivity index (χ1) is 16.7. The second kappa shape index (κ2) is 10.2. The molecule has 188 valence electrons. The minimum Gasteiger partial charge on any atom is -0.495 e. The third-order valence-corrected chi connectivity index (χ3v) is 7.10. The van der Waals surface area contributed by atoms with E-state index in [0.717, 1.165) is 35.4 Å². The van der Waals surface area contributed by atoms with Crippen LogP contribution in [0, 0.1) is 0 Å². The molecular weight excluding hydrogens is 468 g/mol. The van der Waals surface area contributed by atoms with Crippen LogP contribution in [0.4, 0.5) is 10.5 Å². The minimum absolute atomic E-state index is 0.111. The normalized spacial score (nSPS) is 18.3. The number of nitrogens with two attached hydrogens (primary N) is 1. The largest absolute Gasteiger partial charge is 0.495 e. The Morgan fingerprint density at radius 2 is 2.00 bits per heavy atom. The van der Waals surface area contributed by atoms with E-state index in [1.807, 2.05) is 50.0 Å². The number of aromatic amines is 1. The lowest BCUT2D eigenvalue weighted by molar-refractivity contribution is 0.136. The van der Waals surface area contributed by atoms with Crippen molar-refractivity contribution in [2.75, 3.05) is 52.8 Å². The number of primary amides is 1. The quantitative estimate of drug-likeness (QED) is 0.517. The van der Waals surface area contributed by atoms with Gasteiger partial charge in [0.15, 0.2) is 0 Å². The van der Waals surface area contributed by atoms with Crippen molar-refractivity contribution in [1.29, 1.82) is 0 Å². The van der Waals surface area contributed by atoms with E-state index in [1.54, 1.807) is 24.1 Å². The van der Waals surface area contributed by atoms with Crippen molar-refractivity contribution < 1.29 is 9.53 Å². The number of aromatic nitrogens is 2. The number of halogens is 1. The summed E-state index contributed by atoms with van der Waals surface area (Å²) in [5.41, 5.74) is 9.08. The lowest BCUT2D eigenvalue weighted by Crippen LogP contribution is -2.45. The van der Waals surface area contributed by atoms with Crippen LogP contribution in [0.5, 0.6) is 5.75 Å². The zero-order valence-electron chi connectivity index (χ0n) is 20.6. The number of ether oxygens (including phenoxy) is 1. The number of H-pyrrole nitrogens is 1. The number of hydrogen-bond donors (Lipinski definition) is 2. The molecule has 2 amide bonds. The first kappa shape index (κ1) is 24.9. The molecule has 0 saturated carbocycles. The zero-order valence-corrected chi connectivity index (χ0v) is 21.4. The van der Waals surface area contributed by atoms with Gasteiger partial charge in [0.1, 0.15) is 5.75 Å². The highest BCUT2D eigenvalue weighted by molar-refractivity contribution is 6.32. The Balaban J connectivity index is 1.70. The number of urea groups is 1. The Hall–Kier alpha value is -3.17. The molecule has 0 aliphatic carbocycles. The molecule has 1 aliphatic heterocycles. The maximum atomic E-state index is 13.2. The number of nitrogens with one attached hydrogen (secondary N) is 1. The lowest BCUT2D eigenvalue weighted by atomic mass is 9.91. The topological polar surface area (TPSA) is 99.8 Å². The summed E-state index contributed by atoms with van der Waals surface area (Å²) in [6.45, 7) is 2.17. The molecule has 2 unspecified atom stereocenters. The van der Waals surface area contributed by atoms with Crippen LogP contribution < -0.4 is 21.1 Å². The Bertz CT molecular complexity index is 1270. The highest BCUT2D eigenvalue weighted by Crippen LogP contribution is 2.39. The second-order valence-corrected chi connectivity index (χ2v) is 9.72. The summed E-state index contributed by atoms with van der Waals surface area (Å²) < 4.78 is 7.10. The number of methoxy groups -OCH3 is 1. The molecule has 2 atom stereocenters. The number of fused-ring (bicyclic) bond motifs is 1. The van der Waals surface area contributed by atoms with Crippen LogP contribution >= 0.6 is 11.6 Å². The fourth-order valence-electron chi connectivity index (χ4n) is 4.94. The molecule has 1 aliphatic rings. The van der Waals surface area contributed by atoms with Crippen molar-refractivity contribution in [2.45, 2.75) is 24.9 Å². The van der Waals surface area contributed by atoms with E-state index in [1.165, 1.54) is 0 Å². The molecule has 10 heteroatoms. The van der Waals surface area contributed by atoms with Gasteiger partial charge in [-0.2, -0.15) is 0 Å². The van der Waals surface area contributed by atoms with E-state index in [-0.39, 0.29) is 17.8 Å². The maximum Gasteiger partial charge on any atom is 0.326 e. The molecule has 1 fully saturated rings. The van der Waals surface area contributed by atoms with Crippen molar-refractivity contribution in [3.8, 4) is 5.75 Å². The van der Waals surface area contributed by atoms with Gasteiger partial charge in [-0.15, -0.1) is 0 Å². The number of carbonyl (C=O) groups excluding carboxylic acids is 1. The first-order valence-electron chi connectivity index (χ1n) is 11.7. The van der Waals surface area contributed by atoms with Gasteiger partial charge in [-0.1, -0.05) is 23.7 Å². The van der Waals surface area contributed by atoms with Crippen molar-refractivity contribution in [3.05, 3.63) is 57.5 Å². The molecule has 2 heterocycles. The summed E-state index contributed by atoms with van der Waals surface area (Å²) in [5, 5.41) is 0.464. The van der Waals surface area contributed by atoms with Gasteiger partial charge in [-0.3, -0.25) is 4.57 Å². The molecule has 0 spiro atoms. The number of piperidine rings is 1. The van der Waals surface area contributed by atoms with Crippen LogP contribution in [0.25, 0.3) is 11.0 Å². The number of likely N-dealkylation sites (tertiary alicyclic amines) is 1. The second-order valence-electron chi connectivity index (χ2n) is 9.32. The van der Waals surface area contributed by atoms with Crippen LogP contribution in [0.2, 0.25) is 5.02 Å². The molecule has 4 rings (SSSR count). The number of likely N-dealkylation sites (N-methyl/N-ethyl adjacent to an activating group) is 2. The van der Waals surface area contributed by atoms with E-state index in [4.69, 9.17) is 22.1 Å². The molecule has 1 saturated heterocycles. The average molecular weight is 501 g/mol. The van der Waals surface area contributed by atoms with Crippen molar-refractivity contribution in [3.63, 3.8) is 0 Å². The van der Waals surface area contributed by atoms with E-state index < -0.39 is 6.03 Å². The predicted octanol–water partition coefficient (Wildman–Crippen LogP) is 3.45. The third-order valence-electron chi connectivity index (χ3n) is 6.81. The molecule has 2 aromatic carbocycles. The maximum absolute atomic E-state index is 13.2. The Labute approximate surface area is 210 Å². The number of benzene rings is 2.